The number of nitriles is 1. The smallest absolute Gasteiger partial charge is 0.142 e. The molecule has 0 saturated heterocycles. The van der Waals surface area contributed by atoms with Crippen molar-refractivity contribution in [3.8, 4) is 6.07 Å². The molecule has 0 bridgehead atoms. The van der Waals surface area contributed by atoms with Crippen molar-refractivity contribution >= 4 is 5.71 Å². The average Bonchev–Trinajstić information content (AvgIpc) is 2.07. The van der Waals surface area contributed by atoms with Gasteiger partial charge < -0.3 is 0 Å². The number of benzene rings is 1. The number of hydrogen-bond acceptors (Lipinski definition) is 2. The number of hydrogen-bond donors (Lipinski definition) is 0. The molecule has 2 heteroatoms. The number of rotatable bonds is 1. The van der Waals surface area contributed by atoms with E-state index in [-0.39, 0.29) is 0 Å². The van der Waals surface area contributed by atoms with Crippen molar-refractivity contribution in [1.29, 1.82) is 5.26 Å². The van der Waals surface area contributed by atoms with Gasteiger partial charge in [0.15, 0.2) is 0 Å². The van der Waals surface area contributed by atoms with Crippen LogP contribution in [0.15, 0.2) is 29.3 Å². The third kappa shape index (κ3) is 1.70. The number of aliphatic imine (C=N–C) groups is 1. The summed E-state index contributed by atoms with van der Waals surface area (Å²) in [6.07, 6.45) is 0. The molecule has 1 rings (SSSR count). The van der Waals surface area contributed by atoms with Crippen molar-refractivity contribution in [2.75, 3.05) is 7.05 Å². The molecule has 0 fully saturated rings. The molecule has 0 radical (unpaired) electrons. The van der Waals surface area contributed by atoms with E-state index in [0.717, 1.165) is 11.1 Å². The van der Waals surface area contributed by atoms with E-state index in [4.69, 9.17) is 5.26 Å². The van der Waals surface area contributed by atoms with Gasteiger partial charge in [0, 0.05) is 12.6 Å². The Hall–Kier alpha value is -1.62. The van der Waals surface area contributed by atoms with Crippen molar-refractivity contribution in [3.63, 3.8) is 0 Å². The lowest BCUT2D eigenvalue weighted by atomic mass is 10.1. The molecule has 0 aliphatic heterocycles. The van der Waals surface area contributed by atoms with Gasteiger partial charge >= 0.3 is 0 Å². The number of aryl methyl sites for hydroxylation is 1. The lowest BCUT2D eigenvalue weighted by Gasteiger charge is -1.97. The summed E-state index contributed by atoms with van der Waals surface area (Å²) in [4.78, 5) is 3.87. The highest BCUT2D eigenvalue weighted by molar-refractivity contribution is 6.11. The first-order valence-corrected chi connectivity index (χ1v) is 3.72. The second kappa shape index (κ2) is 3.68. The molecule has 0 N–H and O–H groups in total. The molecule has 0 heterocycles. The van der Waals surface area contributed by atoms with E-state index < -0.39 is 0 Å². The largest absolute Gasteiger partial charge is 0.277 e. The van der Waals surface area contributed by atoms with Crippen molar-refractivity contribution in [3.05, 3.63) is 35.4 Å². The minimum atomic E-state index is 0.485. The molecule has 0 atom stereocenters. The van der Waals surface area contributed by atoms with Gasteiger partial charge in [-0.15, -0.1) is 0 Å². The maximum atomic E-state index is 8.69. The van der Waals surface area contributed by atoms with Gasteiger partial charge in [-0.25, -0.2) is 0 Å². The molecule has 0 spiro atoms. The maximum Gasteiger partial charge on any atom is 0.142 e. The Kier molecular flexibility index (Phi) is 2.60. The first-order valence-electron chi connectivity index (χ1n) is 3.72. The van der Waals surface area contributed by atoms with Crippen LogP contribution in [0, 0.1) is 18.3 Å². The molecule has 0 unspecified atom stereocenters. The SMILES string of the molecule is CN=C(C#N)c1cccc(C)c1. The standard InChI is InChI=1S/C10H10N2/c1-8-4-3-5-9(6-8)10(7-11)12-2/h3-6H,1-2H3. The van der Waals surface area contributed by atoms with Crippen LogP contribution in [0.25, 0.3) is 0 Å². The highest BCUT2D eigenvalue weighted by Crippen LogP contribution is 2.04. The van der Waals surface area contributed by atoms with Gasteiger partial charge in [0.2, 0.25) is 0 Å². The first-order chi connectivity index (χ1) is 5.77. The normalized spacial score (nSPS) is 10.9. The Balaban J connectivity index is 3.13. The van der Waals surface area contributed by atoms with Gasteiger partial charge in [0.05, 0.1) is 0 Å². The third-order valence-electron chi connectivity index (χ3n) is 1.62. The Labute approximate surface area is 72.2 Å². The van der Waals surface area contributed by atoms with Crippen LogP contribution in [-0.2, 0) is 0 Å². The van der Waals surface area contributed by atoms with Crippen LogP contribution in [-0.4, -0.2) is 12.8 Å². The molecular weight excluding hydrogens is 148 g/mol. The van der Waals surface area contributed by atoms with Gasteiger partial charge in [-0.1, -0.05) is 23.8 Å². The fourth-order valence-corrected chi connectivity index (χ4v) is 1.04. The first kappa shape index (κ1) is 8.48. The monoisotopic (exact) mass is 158 g/mol. The number of nitrogens with zero attached hydrogens (tertiary/aromatic N) is 2. The van der Waals surface area contributed by atoms with Gasteiger partial charge in [-0.3, -0.25) is 4.99 Å². The summed E-state index contributed by atoms with van der Waals surface area (Å²) in [7, 11) is 1.63. The highest BCUT2D eigenvalue weighted by Gasteiger charge is 1.99. The van der Waals surface area contributed by atoms with Crippen LogP contribution in [0.5, 0.6) is 0 Å². The molecular formula is C10H10N2. The van der Waals surface area contributed by atoms with Gasteiger partial charge in [-0.05, 0) is 13.0 Å². The van der Waals surface area contributed by atoms with Crippen molar-refractivity contribution in [1.82, 2.24) is 0 Å². The summed E-state index contributed by atoms with van der Waals surface area (Å²) in [5.41, 5.74) is 2.52. The minimum absolute atomic E-state index is 0.485. The van der Waals surface area contributed by atoms with E-state index >= 15 is 0 Å². The molecule has 1 aromatic rings. The fraction of sp³-hybridized carbons (Fsp3) is 0.200. The molecule has 0 amide bonds. The molecule has 0 aliphatic carbocycles. The zero-order valence-corrected chi connectivity index (χ0v) is 7.20. The Morgan fingerprint density at radius 3 is 2.75 bits per heavy atom. The Bertz CT molecular complexity index is 345. The topological polar surface area (TPSA) is 36.1 Å². The van der Waals surface area contributed by atoms with Crippen LogP contribution in [0.2, 0.25) is 0 Å². The van der Waals surface area contributed by atoms with E-state index in [1.807, 2.05) is 37.3 Å². The maximum absolute atomic E-state index is 8.69. The van der Waals surface area contributed by atoms with E-state index in [1.54, 1.807) is 7.05 Å². The molecule has 60 valence electrons. The summed E-state index contributed by atoms with van der Waals surface area (Å²) < 4.78 is 0. The van der Waals surface area contributed by atoms with Crippen LogP contribution in [0.1, 0.15) is 11.1 Å². The lowest BCUT2D eigenvalue weighted by Crippen LogP contribution is -1.96. The summed E-state index contributed by atoms with van der Waals surface area (Å²) in [5, 5.41) is 8.69. The van der Waals surface area contributed by atoms with Crippen molar-refractivity contribution in [2.24, 2.45) is 4.99 Å². The van der Waals surface area contributed by atoms with Crippen molar-refractivity contribution in [2.45, 2.75) is 6.92 Å². The van der Waals surface area contributed by atoms with Crippen LogP contribution >= 0.6 is 0 Å². The van der Waals surface area contributed by atoms with E-state index in [0.29, 0.717) is 5.71 Å². The van der Waals surface area contributed by atoms with Crippen LogP contribution in [0.3, 0.4) is 0 Å². The van der Waals surface area contributed by atoms with Crippen LogP contribution < -0.4 is 0 Å². The Morgan fingerprint density at radius 2 is 2.25 bits per heavy atom. The summed E-state index contributed by atoms with van der Waals surface area (Å²) in [6.45, 7) is 1.99. The summed E-state index contributed by atoms with van der Waals surface area (Å²) in [5.74, 6) is 0. The van der Waals surface area contributed by atoms with E-state index in [9.17, 15) is 0 Å². The van der Waals surface area contributed by atoms with E-state index in [1.165, 1.54) is 0 Å². The summed E-state index contributed by atoms with van der Waals surface area (Å²) >= 11 is 0. The van der Waals surface area contributed by atoms with Crippen molar-refractivity contribution < 1.29 is 0 Å². The molecule has 0 aromatic heterocycles. The second-order valence-corrected chi connectivity index (χ2v) is 2.55. The second-order valence-electron chi connectivity index (χ2n) is 2.55. The Morgan fingerprint density at radius 1 is 1.50 bits per heavy atom. The minimum Gasteiger partial charge on any atom is -0.277 e. The van der Waals surface area contributed by atoms with Gasteiger partial charge in [-0.2, -0.15) is 5.26 Å². The molecule has 2 nitrogen and oxygen atoms in total. The van der Waals surface area contributed by atoms with E-state index in [2.05, 4.69) is 4.99 Å². The predicted octanol–water partition coefficient (Wildman–Crippen LogP) is 1.94. The molecule has 12 heavy (non-hydrogen) atoms. The highest BCUT2D eigenvalue weighted by atomic mass is 14.7. The lowest BCUT2D eigenvalue weighted by molar-refractivity contribution is 1.40. The quantitative estimate of drug-likeness (QED) is 0.575. The van der Waals surface area contributed by atoms with Gasteiger partial charge in [0.1, 0.15) is 11.8 Å². The zero-order chi connectivity index (χ0) is 8.97. The predicted molar refractivity (Wildman–Crippen MR) is 49.3 cm³/mol. The van der Waals surface area contributed by atoms with Crippen LogP contribution in [0.4, 0.5) is 0 Å². The molecule has 0 saturated carbocycles. The third-order valence-corrected chi connectivity index (χ3v) is 1.62. The average molecular weight is 158 g/mol. The zero-order valence-electron chi connectivity index (χ0n) is 7.20. The molecule has 0 aliphatic rings. The van der Waals surface area contributed by atoms with Gasteiger partial charge in [0.25, 0.3) is 0 Å². The fourth-order valence-electron chi connectivity index (χ4n) is 1.04. The summed E-state index contributed by atoms with van der Waals surface area (Å²) in [6, 6.07) is 9.80. The molecule has 1 aromatic carbocycles.